The predicted octanol–water partition coefficient (Wildman–Crippen LogP) is 5.28. The molecule has 0 aliphatic heterocycles. The molecule has 90 valence electrons. The summed E-state index contributed by atoms with van der Waals surface area (Å²) in [6, 6.07) is 0. The second-order valence-electron chi connectivity index (χ2n) is 7.26. The summed E-state index contributed by atoms with van der Waals surface area (Å²) in [5.41, 5.74) is 1.10. The highest BCUT2D eigenvalue weighted by atomic mass is 14.4. The van der Waals surface area contributed by atoms with Gasteiger partial charge in [-0.1, -0.05) is 48.0 Å². The van der Waals surface area contributed by atoms with Crippen molar-refractivity contribution in [3.8, 4) is 0 Å². The van der Waals surface area contributed by atoms with E-state index in [-0.39, 0.29) is 0 Å². The van der Waals surface area contributed by atoms with Gasteiger partial charge >= 0.3 is 0 Å². The Morgan fingerprint density at radius 3 is 1.53 bits per heavy atom. The normalized spacial score (nSPS) is 29.2. The van der Waals surface area contributed by atoms with Gasteiger partial charge in [0.1, 0.15) is 0 Å². The topological polar surface area (TPSA) is 0 Å². The van der Waals surface area contributed by atoms with E-state index >= 15 is 0 Å². The smallest absolute Gasteiger partial charge is 0.0329 e. The molecule has 0 aromatic carbocycles. The molecule has 1 aliphatic carbocycles. The lowest BCUT2D eigenvalue weighted by Gasteiger charge is -2.42. The molecule has 0 amide bonds. The molecule has 0 heteroatoms. The minimum atomic E-state index is 0.529. The molecule has 0 heterocycles. The highest BCUT2D eigenvalue weighted by Gasteiger charge is 2.35. The Morgan fingerprint density at radius 2 is 1.20 bits per heavy atom. The summed E-state index contributed by atoms with van der Waals surface area (Å²) < 4.78 is 0. The van der Waals surface area contributed by atoms with Gasteiger partial charge in [0.2, 0.25) is 0 Å². The third-order valence-corrected chi connectivity index (χ3v) is 4.97. The van der Waals surface area contributed by atoms with E-state index in [0.717, 1.165) is 11.8 Å². The van der Waals surface area contributed by atoms with Crippen LogP contribution in [-0.2, 0) is 0 Å². The summed E-state index contributed by atoms with van der Waals surface area (Å²) in [6.45, 7) is 14.5. The quantitative estimate of drug-likeness (QED) is 0.582. The van der Waals surface area contributed by atoms with Crippen molar-refractivity contribution in [3.05, 3.63) is 0 Å². The Morgan fingerprint density at radius 1 is 0.800 bits per heavy atom. The van der Waals surface area contributed by atoms with Crippen LogP contribution in [0.25, 0.3) is 0 Å². The summed E-state index contributed by atoms with van der Waals surface area (Å²) in [6.07, 6.45) is 7.17. The molecule has 0 spiro atoms. The zero-order valence-electron chi connectivity index (χ0n) is 11.7. The fourth-order valence-corrected chi connectivity index (χ4v) is 3.03. The van der Waals surface area contributed by atoms with E-state index in [1.807, 2.05) is 0 Å². The Kier molecular flexibility index (Phi) is 3.90. The average Bonchev–Trinajstić information content (AvgIpc) is 2.17. The van der Waals surface area contributed by atoms with Crippen LogP contribution >= 0.6 is 0 Å². The van der Waals surface area contributed by atoms with Crippen molar-refractivity contribution in [3.63, 3.8) is 0 Å². The maximum Gasteiger partial charge on any atom is -0.0329 e. The van der Waals surface area contributed by atoms with E-state index in [1.54, 1.807) is 0 Å². The minimum Gasteiger partial charge on any atom is -0.0649 e. The second kappa shape index (κ2) is 4.47. The fourth-order valence-electron chi connectivity index (χ4n) is 3.03. The lowest BCUT2D eigenvalue weighted by atomic mass is 9.63. The Bertz CT molecular complexity index is 187. The van der Waals surface area contributed by atoms with Crippen molar-refractivity contribution in [2.45, 2.75) is 73.6 Å². The van der Waals surface area contributed by atoms with Gasteiger partial charge in [0.15, 0.2) is 0 Å². The summed E-state index contributed by atoms with van der Waals surface area (Å²) in [7, 11) is 0. The van der Waals surface area contributed by atoms with E-state index < -0.39 is 0 Å². The molecule has 1 saturated carbocycles. The highest BCUT2D eigenvalue weighted by molar-refractivity contribution is 4.86. The molecule has 15 heavy (non-hydrogen) atoms. The van der Waals surface area contributed by atoms with Crippen LogP contribution in [0.15, 0.2) is 0 Å². The fraction of sp³-hybridized carbons (Fsp3) is 1.00. The molecule has 1 rings (SSSR count). The molecule has 0 saturated heterocycles. The van der Waals surface area contributed by atoms with Crippen LogP contribution in [0, 0.1) is 22.7 Å². The number of rotatable bonds is 2. The highest BCUT2D eigenvalue weighted by Crippen LogP contribution is 2.46. The van der Waals surface area contributed by atoms with Gasteiger partial charge in [0.25, 0.3) is 0 Å². The molecule has 1 fully saturated rings. The zero-order chi connectivity index (χ0) is 11.7. The molecule has 0 unspecified atom stereocenters. The largest absolute Gasteiger partial charge is 0.0649 e. The van der Waals surface area contributed by atoms with Crippen LogP contribution in [0.5, 0.6) is 0 Å². The molecule has 0 bridgehead atoms. The molecule has 0 N–H and O–H groups in total. The molecule has 0 nitrogen and oxygen atoms in total. The zero-order valence-corrected chi connectivity index (χ0v) is 11.7. The maximum atomic E-state index is 2.45. The van der Waals surface area contributed by atoms with Gasteiger partial charge in [0.05, 0.1) is 0 Å². The van der Waals surface area contributed by atoms with Crippen LogP contribution in [0.3, 0.4) is 0 Å². The van der Waals surface area contributed by atoms with Gasteiger partial charge in [-0.15, -0.1) is 0 Å². The van der Waals surface area contributed by atoms with Gasteiger partial charge in [0, 0.05) is 0 Å². The van der Waals surface area contributed by atoms with Crippen molar-refractivity contribution >= 4 is 0 Å². The van der Waals surface area contributed by atoms with Gasteiger partial charge in [-0.3, -0.25) is 0 Å². The first kappa shape index (κ1) is 13.1. The number of hydrogen-bond acceptors (Lipinski definition) is 0. The van der Waals surface area contributed by atoms with Crippen LogP contribution in [0.4, 0.5) is 0 Å². The first-order chi connectivity index (χ1) is 6.77. The minimum absolute atomic E-state index is 0.529. The van der Waals surface area contributed by atoms with Crippen LogP contribution in [0.1, 0.15) is 73.6 Å². The Balaban J connectivity index is 2.50. The third-order valence-electron chi connectivity index (χ3n) is 4.97. The van der Waals surface area contributed by atoms with E-state index in [4.69, 9.17) is 0 Å². The SMILES string of the molecule is CCC(C)(C)C1CCC(C(C)(C)C)CC1. The van der Waals surface area contributed by atoms with Gasteiger partial charge in [-0.25, -0.2) is 0 Å². The molecule has 0 radical (unpaired) electrons. The summed E-state index contributed by atoms with van der Waals surface area (Å²) >= 11 is 0. The molecule has 0 aromatic heterocycles. The van der Waals surface area contributed by atoms with Gasteiger partial charge < -0.3 is 0 Å². The van der Waals surface area contributed by atoms with E-state index in [1.165, 1.54) is 32.1 Å². The monoisotopic (exact) mass is 210 g/mol. The van der Waals surface area contributed by atoms with Gasteiger partial charge in [-0.05, 0) is 48.3 Å². The Hall–Kier alpha value is 0. The maximum absolute atomic E-state index is 2.45. The summed E-state index contributed by atoms with van der Waals surface area (Å²) in [5, 5.41) is 0. The lowest BCUT2D eigenvalue weighted by molar-refractivity contribution is 0.0849. The van der Waals surface area contributed by atoms with Crippen molar-refractivity contribution in [2.75, 3.05) is 0 Å². The van der Waals surface area contributed by atoms with Crippen LogP contribution in [-0.4, -0.2) is 0 Å². The van der Waals surface area contributed by atoms with E-state index in [2.05, 4.69) is 41.5 Å². The predicted molar refractivity (Wildman–Crippen MR) is 69.0 cm³/mol. The van der Waals surface area contributed by atoms with Gasteiger partial charge in [-0.2, -0.15) is 0 Å². The third kappa shape index (κ3) is 3.23. The molecule has 1 aliphatic rings. The van der Waals surface area contributed by atoms with E-state index in [9.17, 15) is 0 Å². The Labute approximate surface area is 96.8 Å². The summed E-state index contributed by atoms with van der Waals surface area (Å²) in [4.78, 5) is 0. The average molecular weight is 210 g/mol. The molecule has 0 aromatic rings. The molecular formula is C15H30. The van der Waals surface area contributed by atoms with Crippen LogP contribution in [0.2, 0.25) is 0 Å². The summed E-state index contributed by atoms with van der Waals surface area (Å²) in [5.74, 6) is 1.93. The molecule has 0 atom stereocenters. The first-order valence-corrected chi connectivity index (χ1v) is 6.77. The van der Waals surface area contributed by atoms with Crippen LogP contribution < -0.4 is 0 Å². The van der Waals surface area contributed by atoms with Crippen molar-refractivity contribution in [1.29, 1.82) is 0 Å². The standard InChI is InChI=1S/C15H30/c1-7-15(5,6)13-10-8-12(9-11-13)14(2,3)4/h12-13H,7-11H2,1-6H3. The lowest BCUT2D eigenvalue weighted by Crippen LogP contribution is -2.32. The van der Waals surface area contributed by atoms with E-state index in [0.29, 0.717) is 10.8 Å². The molecular weight excluding hydrogens is 180 g/mol. The first-order valence-electron chi connectivity index (χ1n) is 6.77. The van der Waals surface area contributed by atoms with Crippen molar-refractivity contribution in [2.24, 2.45) is 22.7 Å². The number of hydrogen-bond donors (Lipinski definition) is 0. The second-order valence-corrected chi connectivity index (χ2v) is 7.26. The van der Waals surface area contributed by atoms with Crippen molar-refractivity contribution < 1.29 is 0 Å². The van der Waals surface area contributed by atoms with Crippen molar-refractivity contribution in [1.82, 2.24) is 0 Å².